The minimum atomic E-state index is -0.812. The Labute approximate surface area is 147 Å². The van der Waals surface area contributed by atoms with E-state index in [0.29, 0.717) is 32.6 Å². The number of nitrogens with two attached hydrogens (primary N) is 1. The molecule has 2 aromatic rings. The molecule has 3 rings (SSSR count). The maximum Gasteiger partial charge on any atom is 0.240 e. The van der Waals surface area contributed by atoms with E-state index in [-0.39, 0.29) is 30.7 Å². The van der Waals surface area contributed by atoms with Crippen molar-refractivity contribution < 1.29 is 9.53 Å². The summed E-state index contributed by atoms with van der Waals surface area (Å²) in [5.41, 5.74) is 8.20. The standard InChI is InChI=1S/C15H20N4O2.2ClH/c1-11-2-5-19-10-12(18-13(19)8-11)9-17-14(20)15(16)3-6-21-7-4-15;;/h2,5,8,10H,3-4,6-7,9,16H2,1H3,(H,17,20);2*1H. The number of carbonyl (C=O) groups is 1. The second-order valence-corrected chi connectivity index (χ2v) is 5.65. The second-order valence-electron chi connectivity index (χ2n) is 5.65. The van der Waals surface area contributed by atoms with Crippen molar-refractivity contribution in [3.63, 3.8) is 0 Å². The van der Waals surface area contributed by atoms with Crippen LogP contribution in [0.3, 0.4) is 0 Å². The summed E-state index contributed by atoms with van der Waals surface area (Å²) in [6.07, 6.45) is 5.00. The van der Waals surface area contributed by atoms with Crippen LogP contribution < -0.4 is 11.1 Å². The van der Waals surface area contributed by atoms with E-state index in [1.54, 1.807) is 0 Å². The number of nitrogens with one attached hydrogen (secondary N) is 1. The summed E-state index contributed by atoms with van der Waals surface area (Å²) in [4.78, 5) is 16.7. The van der Waals surface area contributed by atoms with Crippen molar-refractivity contribution in [2.75, 3.05) is 13.2 Å². The normalized spacial score (nSPS) is 16.3. The molecule has 1 aliphatic heterocycles. The van der Waals surface area contributed by atoms with Gasteiger partial charge in [0, 0.05) is 25.6 Å². The van der Waals surface area contributed by atoms with Crippen LogP contribution in [-0.4, -0.2) is 34.0 Å². The van der Waals surface area contributed by atoms with Gasteiger partial charge in [0.15, 0.2) is 0 Å². The fourth-order valence-corrected chi connectivity index (χ4v) is 2.53. The first kappa shape index (κ1) is 19.7. The Balaban J connectivity index is 0.00000132. The number of aromatic nitrogens is 2. The van der Waals surface area contributed by atoms with Gasteiger partial charge in [-0.2, -0.15) is 0 Å². The van der Waals surface area contributed by atoms with Crippen LogP contribution in [0, 0.1) is 6.92 Å². The van der Waals surface area contributed by atoms with Crippen LogP contribution in [0.1, 0.15) is 24.1 Å². The molecule has 1 fully saturated rings. The number of hydrogen-bond acceptors (Lipinski definition) is 4. The molecule has 1 amide bonds. The van der Waals surface area contributed by atoms with Crippen LogP contribution in [0.5, 0.6) is 0 Å². The van der Waals surface area contributed by atoms with Crippen molar-refractivity contribution >= 4 is 36.4 Å². The monoisotopic (exact) mass is 360 g/mol. The summed E-state index contributed by atoms with van der Waals surface area (Å²) in [6, 6.07) is 4.03. The first-order chi connectivity index (χ1) is 10.1. The average molecular weight is 361 g/mol. The summed E-state index contributed by atoms with van der Waals surface area (Å²) >= 11 is 0. The topological polar surface area (TPSA) is 81.7 Å². The van der Waals surface area contributed by atoms with Crippen LogP contribution >= 0.6 is 24.8 Å². The molecule has 6 nitrogen and oxygen atoms in total. The van der Waals surface area contributed by atoms with E-state index in [2.05, 4.69) is 10.3 Å². The molecular formula is C15H22Cl2N4O2. The molecule has 1 saturated heterocycles. The van der Waals surface area contributed by atoms with Gasteiger partial charge in [-0.05, 0) is 37.5 Å². The first-order valence-electron chi connectivity index (χ1n) is 7.16. The number of pyridine rings is 1. The minimum absolute atomic E-state index is 0. The Morgan fingerprint density at radius 2 is 2.13 bits per heavy atom. The van der Waals surface area contributed by atoms with E-state index < -0.39 is 5.54 Å². The number of carbonyl (C=O) groups excluding carboxylic acids is 1. The van der Waals surface area contributed by atoms with Gasteiger partial charge in [0.25, 0.3) is 0 Å². The molecule has 0 saturated carbocycles. The van der Waals surface area contributed by atoms with Crippen molar-refractivity contribution in [2.24, 2.45) is 5.73 Å². The summed E-state index contributed by atoms with van der Waals surface area (Å²) in [7, 11) is 0. The molecule has 0 bridgehead atoms. The molecule has 8 heteroatoms. The summed E-state index contributed by atoms with van der Waals surface area (Å²) in [5.74, 6) is -0.126. The number of ether oxygens (including phenoxy) is 1. The number of rotatable bonds is 3. The Bertz CT molecular complexity index is 669. The van der Waals surface area contributed by atoms with Crippen LogP contribution in [0.15, 0.2) is 24.5 Å². The third-order valence-corrected chi connectivity index (χ3v) is 3.93. The lowest BCUT2D eigenvalue weighted by Gasteiger charge is -2.31. The van der Waals surface area contributed by atoms with E-state index in [0.717, 1.165) is 16.9 Å². The fraction of sp³-hybridized carbons (Fsp3) is 0.467. The number of nitrogens with zero attached hydrogens (tertiary/aromatic N) is 2. The fourth-order valence-electron chi connectivity index (χ4n) is 2.53. The SMILES string of the molecule is Cc1ccn2cc(CNC(=O)C3(N)CCOCC3)nc2c1.Cl.Cl. The Kier molecular flexibility index (Phi) is 6.83. The average Bonchev–Trinajstić information content (AvgIpc) is 2.87. The van der Waals surface area contributed by atoms with Crippen LogP contribution in [-0.2, 0) is 16.1 Å². The van der Waals surface area contributed by atoms with Crippen molar-refractivity contribution in [2.45, 2.75) is 31.8 Å². The Morgan fingerprint density at radius 1 is 1.43 bits per heavy atom. The van der Waals surface area contributed by atoms with Gasteiger partial charge in [-0.15, -0.1) is 24.8 Å². The number of fused-ring (bicyclic) bond motifs is 1. The van der Waals surface area contributed by atoms with Crippen LogP contribution in [0.25, 0.3) is 5.65 Å². The lowest BCUT2D eigenvalue weighted by atomic mass is 9.90. The van der Waals surface area contributed by atoms with Gasteiger partial charge in [0.05, 0.1) is 17.8 Å². The van der Waals surface area contributed by atoms with Crippen LogP contribution in [0.2, 0.25) is 0 Å². The van der Waals surface area contributed by atoms with E-state index >= 15 is 0 Å². The second kappa shape index (κ2) is 7.97. The molecule has 23 heavy (non-hydrogen) atoms. The van der Waals surface area contributed by atoms with Crippen LogP contribution in [0.4, 0.5) is 0 Å². The third-order valence-electron chi connectivity index (χ3n) is 3.93. The zero-order valence-corrected chi connectivity index (χ0v) is 14.6. The van der Waals surface area contributed by atoms with E-state index in [1.807, 2.05) is 35.9 Å². The number of halogens is 2. The highest BCUT2D eigenvalue weighted by Gasteiger charge is 2.35. The van der Waals surface area contributed by atoms with Crippen molar-refractivity contribution in [1.29, 1.82) is 0 Å². The number of imidazole rings is 1. The molecule has 1 aliphatic rings. The van der Waals surface area contributed by atoms with Gasteiger partial charge >= 0.3 is 0 Å². The number of hydrogen-bond donors (Lipinski definition) is 2. The predicted molar refractivity (Wildman–Crippen MR) is 93.2 cm³/mol. The highest BCUT2D eigenvalue weighted by atomic mass is 35.5. The molecule has 0 unspecified atom stereocenters. The first-order valence-corrected chi connectivity index (χ1v) is 7.16. The maximum absolute atomic E-state index is 12.2. The molecular weight excluding hydrogens is 339 g/mol. The Hall–Kier alpha value is -1.34. The highest BCUT2D eigenvalue weighted by Crippen LogP contribution is 2.18. The van der Waals surface area contributed by atoms with Crippen molar-refractivity contribution in [3.05, 3.63) is 35.8 Å². The van der Waals surface area contributed by atoms with Gasteiger partial charge in [0.2, 0.25) is 5.91 Å². The van der Waals surface area contributed by atoms with E-state index in [1.165, 1.54) is 0 Å². The largest absolute Gasteiger partial charge is 0.381 e. The molecule has 0 aliphatic carbocycles. The molecule has 2 aromatic heterocycles. The minimum Gasteiger partial charge on any atom is -0.381 e. The van der Waals surface area contributed by atoms with E-state index in [4.69, 9.17) is 10.5 Å². The van der Waals surface area contributed by atoms with Gasteiger partial charge in [-0.25, -0.2) is 4.98 Å². The molecule has 0 radical (unpaired) electrons. The van der Waals surface area contributed by atoms with Crippen molar-refractivity contribution in [1.82, 2.24) is 14.7 Å². The summed E-state index contributed by atoms with van der Waals surface area (Å²) in [5, 5.41) is 2.89. The molecule has 0 atom stereocenters. The van der Waals surface area contributed by atoms with Crippen molar-refractivity contribution in [3.8, 4) is 0 Å². The Morgan fingerprint density at radius 3 is 2.83 bits per heavy atom. The zero-order chi connectivity index (χ0) is 14.9. The summed E-state index contributed by atoms with van der Waals surface area (Å²) in [6.45, 7) is 3.49. The zero-order valence-electron chi connectivity index (χ0n) is 12.9. The maximum atomic E-state index is 12.2. The highest BCUT2D eigenvalue weighted by molar-refractivity contribution is 5.86. The number of aryl methyl sites for hydroxylation is 1. The lowest BCUT2D eigenvalue weighted by Crippen LogP contribution is -2.56. The molecule has 3 heterocycles. The summed E-state index contributed by atoms with van der Waals surface area (Å²) < 4.78 is 7.20. The smallest absolute Gasteiger partial charge is 0.240 e. The quantitative estimate of drug-likeness (QED) is 0.870. The molecule has 0 aromatic carbocycles. The third kappa shape index (κ3) is 4.35. The molecule has 128 valence electrons. The van der Waals surface area contributed by atoms with Gasteiger partial charge in [0.1, 0.15) is 5.65 Å². The molecule has 3 N–H and O–H groups in total. The van der Waals surface area contributed by atoms with Gasteiger partial charge in [-0.3, -0.25) is 4.79 Å². The number of amides is 1. The lowest BCUT2D eigenvalue weighted by molar-refractivity contribution is -0.129. The molecule has 0 spiro atoms. The predicted octanol–water partition coefficient (Wildman–Crippen LogP) is 1.61. The van der Waals surface area contributed by atoms with Gasteiger partial charge < -0.3 is 20.2 Å². The van der Waals surface area contributed by atoms with E-state index in [9.17, 15) is 4.79 Å². The van der Waals surface area contributed by atoms with Gasteiger partial charge in [-0.1, -0.05) is 0 Å².